The fourth-order valence-electron chi connectivity index (χ4n) is 5.26. The van der Waals surface area contributed by atoms with Crippen molar-refractivity contribution in [3.8, 4) is 11.3 Å². The third kappa shape index (κ3) is 4.89. The molecule has 4 aromatic rings. The second-order valence-electron chi connectivity index (χ2n) is 9.51. The Bertz CT molecular complexity index is 1200. The first kappa shape index (κ1) is 22.5. The Labute approximate surface area is 209 Å². The van der Waals surface area contributed by atoms with Crippen molar-refractivity contribution in [3.05, 3.63) is 77.7 Å². The van der Waals surface area contributed by atoms with Crippen molar-refractivity contribution in [2.75, 3.05) is 26.2 Å². The van der Waals surface area contributed by atoms with Crippen LogP contribution in [-0.4, -0.2) is 71.0 Å². The lowest BCUT2D eigenvalue weighted by atomic mass is 9.91. The van der Waals surface area contributed by atoms with Crippen molar-refractivity contribution in [2.24, 2.45) is 0 Å². The zero-order valence-electron chi connectivity index (χ0n) is 19.8. The lowest BCUT2D eigenvalue weighted by Crippen LogP contribution is -2.42. The van der Waals surface area contributed by atoms with E-state index in [4.69, 9.17) is 0 Å². The maximum Gasteiger partial charge on any atom is 0.173 e. The van der Waals surface area contributed by atoms with Gasteiger partial charge in [-0.05, 0) is 47.4 Å². The second kappa shape index (κ2) is 10.3. The molecule has 3 heterocycles. The molecule has 1 saturated carbocycles. The number of tetrazole rings is 1. The summed E-state index contributed by atoms with van der Waals surface area (Å²) in [6, 6.07) is 19.9. The Morgan fingerprint density at radius 3 is 2.51 bits per heavy atom. The van der Waals surface area contributed by atoms with E-state index in [1.165, 1.54) is 48.7 Å². The normalized spacial score (nSPS) is 18.7. The Morgan fingerprint density at radius 2 is 1.77 bits per heavy atom. The monoisotopic (exact) mass is 486 g/mol. The Morgan fingerprint density at radius 1 is 0.914 bits per heavy atom. The average molecular weight is 487 g/mol. The molecule has 0 radical (unpaired) electrons. The van der Waals surface area contributed by atoms with E-state index in [1.807, 2.05) is 16.9 Å². The van der Waals surface area contributed by atoms with Crippen LogP contribution >= 0.6 is 11.7 Å². The predicted octanol–water partition coefficient (Wildman–Crippen LogP) is 3.89. The first-order valence-electron chi connectivity index (χ1n) is 12.5. The van der Waals surface area contributed by atoms with Crippen molar-refractivity contribution in [2.45, 2.75) is 44.3 Å². The van der Waals surface area contributed by atoms with E-state index in [0.717, 1.165) is 49.2 Å². The molecule has 2 aromatic heterocycles. The van der Waals surface area contributed by atoms with Crippen LogP contribution in [0.25, 0.3) is 11.3 Å². The van der Waals surface area contributed by atoms with E-state index in [9.17, 15) is 0 Å². The summed E-state index contributed by atoms with van der Waals surface area (Å²) in [7, 11) is 0. The fourth-order valence-corrected chi connectivity index (χ4v) is 5.69. The zero-order valence-corrected chi connectivity index (χ0v) is 20.6. The zero-order chi connectivity index (χ0) is 23.5. The SMILES string of the molecule is c1ccc(Cn2nnnc2C(c2ccc(-c3cnsn3)cc2)N2CCCN(C3CCC3)CC2)cc1. The van der Waals surface area contributed by atoms with Gasteiger partial charge in [0.05, 0.1) is 30.5 Å². The molecular weight excluding hydrogens is 456 g/mol. The summed E-state index contributed by atoms with van der Waals surface area (Å²) < 4.78 is 10.5. The van der Waals surface area contributed by atoms with Crippen LogP contribution in [0.15, 0.2) is 60.8 Å². The summed E-state index contributed by atoms with van der Waals surface area (Å²) >= 11 is 1.24. The van der Waals surface area contributed by atoms with E-state index in [0.29, 0.717) is 6.54 Å². The quantitative estimate of drug-likeness (QED) is 0.392. The van der Waals surface area contributed by atoms with Gasteiger partial charge in [0.25, 0.3) is 0 Å². The van der Waals surface area contributed by atoms with Crippen LogP contribution in [-0.2, 0) is 6.54 Å². The molecular formula is C26H30N8S. The van der Waals surface area contributed by atoms with E-state index >= 15 is 0 Å². The van der Waals surface area contributed by atoms with Gasteiger partial charge in [-0.15, -0.1) is 5.10 Å². The average Bonchev–Trinajstić information content (AvgIpc) is 3.50. The van der Waals surface area contributed by atoms with Gasteiger partial charge in [0, 0.05) is 31.2 Å². The molecule has 2 aromatic carbocycles. The molecule has 8 nitrogen and oxygen atoms in total. The van der Waals surface area contributed by atoms with Gasteiger partial charge in [-0.1, -0.05) is 61.0 Å². The third-order valence-electron chi connectivity index (χ3n) is 7.38. The van der Waals surface area contributed by atoms with Crippen LogP contribution in [0.3, 0.4) is 0 Å². The number of hydrogen-bond donors (Lipinski definition) is 0. The highest BCUT2D eigenvalue weighted by molar-refractivity contribution is 6.99. The van der Waals surface area contributed by atoms with Crippen molar-refractivity contribution < 1.29 is 0 Å². The molecule has 1 aliphatic carbocycles. The minimum atomic E-state index is -0.00217. The van der Waals surface area contributed by atoms with Gasteiger partial charge < -0.3 is 0 Å². The number of rotatable bonds is 7. The number of benzene rings is 2. The van der Waals surface area contributed by atoms with Crippen molar-refractivity contribution in [3.63, 3.8) is 0 Å². The van der Waals surface area contributed by atoms with Crippen molar-refractivity contribution in [1.82, 2.24) is 38.8 Å². The Hall–Kier alpha value is -3.01. The van der Waals surface area contributed by atoms with Crippen LogP contribution in [0, 0.1) is 0 Å². The van der Waals surface area contributed by atoms with E-state index < -0.39 is 0 Å². The molecule has 1 saturated heterocycles. The van der Waals surface area contributed by atoms with Gasteiger partial charge in [0.1, 0.15) is 5.69 Å². The van der Waals surface area contributed by atoms with Gasteiger partial charge in [0.2, 0.25) is 0 Å². The van der Waals surface area contributed by atoms with E-state index in [-0.39, 0.29) is 6.04 Å². The standard InChI is InChI=1S/C26H30N8S/c1-2-6-20(7-3-1)19-34-26(28-30-31-34)25(22-12-10-21(11-13-22)24-18-27-35-29-24)33-15-5-14-32(16-17-33)23-8-4-9-23/h1-3,6-7,10-13,18,23,25H,4-5,8-9,14-17,19H2. The lowest BCUT2D eigenvalue weighted by molar-refractivity contribution is 0.127. The Balaban J connectivity index is 1.32. The summed E-state index contributed by atoms with van der Waals surface area (Å²) in [5.41, 5.74) is 4.39. The second-order valence-corrected chi connectivity index (χ2v) is 10.1. The number of hydrogen-bond acceptors (Lipinski definition) is 8. The number of nitrogens with zero attached hydrogens (tertiary/aromatic N) is 8. The van der Waals surface area contributed by atoms with Crippen LogP contribution in [0.1, 0.15) is 48.7 Å². The summed E-state index contributed by atoms with van der Waals surface area (Å²) in [4.78, 5) is 5.27. The molecule has 1 atom stereocenters. The minimum absolute atomic E-state index is 0.00217. The van der Waals surface area contributed by atoms with Crippen LogP contribution in [0.2, 0.25) is 0 Å². The van der Waals surface area contributed by atoms with Crippen molar-refractivity contribution in [1.29, 1.82) is 0 Å². The number of aromatic nitrogens is 6. The van der Waals surface area contributed by atoms with Gasteiger partial charge in [0.15, 0.2) is 5.82 Å². The summed E-state index contributed by atoms with van der Waals surface area (Å²) in [5.74, 6) is 0.897. The van der Waals surface area contributed by atoms with Crippen LogP contribution in [0.5, 0.6) is 0 Å². The summed E-state index contributed by atoms with van der Waals surface area (Å²) in [6.45, 7) is 4.98. The molecule has 35 heavy (non-hydrogen) atoms. The van der Waals surface area contributed by atoms with Gasteiger partial charge >= 0.3 is 0 Å². The molecule has 2 fully saturated rings. The fraction of sp³-hybridized carbons (Fsp3) is 0.423. The van der Waals surface area contributed by atoms with E-state index in [2.05, 4.69) is 82.6 Å². The molecule has 9 heteroatoms. The maximum atomic E-state index is 4.57. The molecule has 1 aliphatic heterocycles. The third-order valence-corrected chi connectivity index (χ3v) is 7.86. The molecule has 2 aliphatic rings. The molecule has 0 N–H and O–H groups in total. The maximum absolute atomic E-state index is 4.57. The predicted molar refractivity (Wildman–Crippen MR) is 136 cm³/mol. The highest BCUT2D eigenvalue weighted by atomic mass is 32.1. The molecule has 0 amide bonds. The van der Waals surface area contributed by atoms with Crippen molar-refractivity contribution >= 4 is 11.7 Å². The molecule has 0 spiro atoms. The molecule has 0 bridgehead atoms. The Kier molecular flexibility index (Phi) is 6.62. The molecule has 6 rings (SSSR count). The van der Waals surface area contributed by atoms with Gasteiger partial charge in [-0.25, -0.2) is 4.68 Å². The smallest absolute Gasteiger partial charge is 0.173 e. The largest absolute Gasteiger partial charge is 0.299 e. The minimum Gasteiger partial charge on any atom is -0.299 e. The molecule has 1 unspecified atom stereocenters. The highest BCUT2D eigenvalue weighted by Crippen LogP contribution is 2.32. The van der Waals surface area contributed by atoms with Crippen LogP contribution < -0.4 is 0 Å². The topological polar surface area (TPSA) is 75.9 Å². The first-order chi connectivity index (χ1) is 17.3. The summed E-state index contributed by atoms with van der Waals surface area (Å²) in [6.07, 6.45) is 7.07. The van der Waals surface area contributed by atoms with Crippen LogP contribution in [0.4, 0.5) is 0 Å². The van der Waals surface area contributed by atoms with E-state index in [1.54, 1.807) is 0 Å². The lowest BCUT2D eigenvalue weighted by Gasteiger charge is -2.37. The summed E-state index contributed by atoms with van der Waals surface area (Å²) in [5, 5.41) is 13.1. The van der Waals surface area contributed by atoms with Gasteiger partial charge in [-0.2, -0.15) is 8.75 Å². The van der Waals surface area contributed by atoms with Gasteiger partial charge in [-0.3, -0.25) is 9.80 Å². The highest BCUT2D eigenvalue weighted by Gasteiger charge is 2.32. The first-order valence-corrected chi connectivity index (χ1v) is 13.2. The molecule has 180 valence electrons.